The van der Waals surface area contributed by atoms with Gasteiger partial charge in [0.05, 0.1) is 18.8 Å². The molecule has 1 saturated heterocycles. The van der Waals surface area contributed by atoms with Gasteiger partial charge in [-0.3, -0.25) is 14.5 Å². The summed E-state index contributed by atoms with van der Waals surface area (Å²) in [4.78, 5) is 25.4. The number of morpholine rings is 1. The number of hydrogen-bond donors (Lipinski definition) is 1. The van der Waals surface area contributed by atoms with Gasteiger partial charge in [-0.25, -0.2) is 0 Å². The predicted molar refractivity (Wildman–Crippen MR) is 81.9 cm³/mol. The highest BCUT2D eigenvalue weighted by atomic mass is 19.4. The van der Waals surface area contributed by atoms with Crippen molar-refractivity contribution in [3.05, 3.63) is 28.2 Å². The molecule has 6 nitrogen and oxygen atoms in total. The van der Waals surface area contributed by atoms with Gasteiger partial charge in [0.15, 0.2) is 0 Å². The quantitative estimate of drug-likeness (QED) is 0.878. The molecule has 1 fully saturated rings. The Kier molecular flexibility index (Phi) is 6.00. The number of nitrogens with zero attached hydrogens (tertiary/aromatic N) is 2. The first-order valence-corrected chi connectivity index (χ1v) is 7.67. The lowest BCUT2D eigenvalue weighted by Gasteiger charge is -2.26. The summed E-state index contributed by atoms with van der Waals surface area (Å²) in [5, 5.41) is 2.17. The van der Waals surface area contributed by atoms with E-state index in [-0.39, 0.29) is 12.2 Å². The number of aromatic nitrogens is 1. The van der Waals surface area contributed by atoms with Gasteiger partial charge in [0.2, 0.25) is 5.91 Å². The number of hydrogen-bond acceptors (Lipinski definition) is 4. The zero-order chi connectivity index (χ0) is 17.7. The lowest BCUT2D eigenvalue weighted by Crippen LogP contribution is -2.37. The molecule has 0 unspecified atom stereocenters. The molecule has 1 aliphatic rings. The van der Waals surface area contributed by atoms with Gasteiger partial charge in [-0.2, -0.15) is 13.2 Å². The Morgan fingerprint density at radius 1 is 1.29 bits per heavy atom. The van der Waals surface area contributed by atoms with Crippen LogP contribution in [0.15, 0.2) is 17.1 Å². The summed E-state index contributed by atoms with van der Waals surface area (Å²) in [6.45, 7) is 4.77. The van der Waals surface area contributed by atoms with Gasteiger partial charge in [0.25, 0.3) is 5.56 Å². The molecule has 0 radical (unpaired) electrons. The largest absolute Gasteiger partial charge is 0.417 e. The van der Waals surface area contributed by atoms with Crippen LogP contribution in [-0.4, -0.2) is 48.2 Å². The Bertz CT molecular complexity index is 637. The normalized spacial score (nSPS) is 16.2. The summed E-state index contributed by atoms with van der Waals surface area (Å²) < 4.78 is 45.2. The zero-order valence-electron chi connectivity index (χ0n) is 13.4. The van der Waals surface area contributed by atoms with Crippen molar-refractivity contribution in [2.45, 2.75) is 26.1 Å². The molecule has 1 aromatic heterocycles. The molecule has 1 aromatic rings. The van der Waals surface area contributed by atoms with E-state index in [1.807, 2.05) is 0 Å². The van der Waals surface area contributed by atoms with Crippen LogP contribution in [0.2, 0.25) is 0 Å². The molecule has 0 spiro atoms. The van der Waals surface area contributed by atoms with E-state index in [9.17, 15) is 22.8 Å². The summed E-state index contributed by atoms with van der Waals surface area (Å²) >= 11 is 0. The van der Waals surface area contributed by atoms with Crippen molar-refractivity contribution in [1.29, 1.82) is 0 Å². The second-order valence-electron chi connectivity index (χ2n) is 5.63. The van der Waals surface area contributed by atoms with Crippen LogP contribution >= 0.6 is 0 Å². The number of anilines is 1. The number of carbonyl (C=O) groups excluding carboxylic acids is 1. The molecule has 0 saturated carbocycles. The average molecular weight is 347 g/mol. The van der Waals surface area contributed by atoms with Gasteiger partial charge >= 0.3 is 6.18 Å². The summed E-state index contributed by atoms with van der Waals surface area (Å²) in [7, 11) is 0. The molecule has 1 aliphatic heterocycles. The minimum Gasteiger partial charge on any atom is -0.379 e. The molecule has 2 rings (SSSR count). The minimum atomic E-state index is -4.59. The van der Waals surface area contributed by atoms with E-state index >= 15 is 0 Å². The fourth-order valence-electron chi connectivity index (χ4n) is 2.53. The van der Waals surface area contributed by atoms with Crippen LogP contribution in [-0.2, 0) is 22.3 Å². The lowest BCUT2D eigenvalue weighted by atomic mass is 10.2. The number of alkyl halides is 3. The van der Waals surface area contributed by atoms with Crippen LogP contribution in [0.1, 0.15) is 18.9 Å². The maximum absolute atomic E-state index is 13.0. The van der Waals surface area contributed by atoms with Crippen molar-refractivity contribution in [2.24, 2.45) is 0 Å². The van der Waals surface area contributed by atoms with E-state index in [0.717, 1.165) is 30.8 Å². The number of rotatable bonds is 5. The number of ether oxygens (including phenoxy) is 1. The SMILES string of the molecule is CC(=O)Nc1cc(C(F)(F)F)cn(CCCN2CCOCC2)c1=O. The van der Waals surface area contributed by atoms with Crippen molar-refractivity contribution >= 4 is 11.6 Å². The monoisotopic (exact) mass is 347 g/mol. The van der Waals surface area contributed by atoms with Crippen LogP contribution in [0.25, 0.3) is 0 Å². The summed E-state index contributed by atoms with van der Waals surface area (Å²) in [5.41, 5.74) is -1.96. The van der Waals surface area contributed by atoms with Gasteiger partial charge in [-0.1, -0.05) is 0 Å². The molecule has 1 N–H and O–H groups in total. The molecule has 1 amide bonds. The van der Waals surface area contributed by atoms with Gasteiger partial charge in [-0.05, 0) is 12.5 Å². The standard InChI is InChI=1S/C15H20F3N3O3/c1-11(22)19-13-9-12(15(16,17)18)10-21(14(13)23)4-2-3-20-5-7-24-8-6-20/h9-10H,2-8H2,1H3,(H,19,22). The van der Waals surface area contributed by atoms with Crippen molar-refractivity contribution in [3.63, 3.8) is 0 Å². The minimum absolute atomic E-state index is 0.146. The molecule has 0 aromatic carbocycles. The summed E-state index contributed by atoms with van der Waals surface area (Å²) in [6.07, 6.45) is -3.26. The highest BCUT2D eigenvalue weighted by Crippen LogP contribution is 2.29. The van der Waals surface area contributed by atoms with Crippen LogP contribution in [0.4, 0.5) is 18.9 Å². The summed E-state index contributed by atoms with van der Waals surface area (Å²) in [5.74, 6) is -0.591. The molecule has 0 atom stereocenters. The van der Waals surface area contributed by atoms with Crippen LogP contribution in [0.5, 0.6) is 0 Å². The second-order valence-corrected chi connectivity index (χ2v) is 5.63. The molecule has 134 valence electrons. The molecule has 24 heavy (non-hydrogen) atoms. The van der Waals surface area contributed by atoms with E-state index in [2.05, 4.69) is 10.2 Å². The number of carbonyl (C=O) groups is 1. The molecular formula is C15H20F3N3O3. The third kappa shape index (κ3) is 5.07. The topological polar surface area (TPSA) is 63.6 Å². The number of nitrogens with one attached hydrogen (secondary N) is 1. The van der Waals surface area contributed by atoms with E-state index < -0.39 is 23.2 Å². The van der Waals surface area contributed by atoms with Crippen molar-refractivity contribution < 1.29 is 22.7 Å². The molecule has 9 heteroatoms. The number of pyridine rings is 1. The molecule has 2 heterocycles. The van der Waals surface area contributed by atoms with Gasteiger partial charge in [0.1, 0.15) is 5.69 Å². The maximum atomic E-state index is 13.0. The predicted octanol–water partition coefficient (Wildman–Crippen LogP) is 1.55. The first-order chi connectivity index (χ1) is 11.3. The van der Waals surface area contributed by atoms with Gasteiger partial charge in [-0.15, -0.1) is 0 Å². The van der Waals surface area contributed by atoms with E-state index in [0.29, 0.717) is 32.2 Å². The third-order valence-electron chi connectivity index (χ3n) is 3.70. The smallest absolute Gasteiger partial charge is 0.379 e. The fraction of sp³-hybridized carbons (Fsp3) is 0.600. The molecule has 0 bridgehead atoms. The second kappa shape index (κ2) is 7.80. The summed E-state index contributed by atoms with van der Waals surface area (Å²) in [6, 6.07) is 0.669. The van der Waals surface area contributed by atoms with Gasteiger partial charge in [0, 0.05) is 39.3 Å². The maximum Gasteiger partial charge on any atom is 0.417 e. The van der Waals surface area contributed by atoms with Gasteiger partial charge < -0.3 is 14.6 Å². The van der Waals surface area contributed by atoms with Crippen molar-refractivity contribution in [2.75, 3.05) is 38.2 Å². The Labute approximate surface area is 137 Å². The highest BCUT2D eigenvalue weighted by Gasteiger charge is 2.32. The molecular weight excluding hydrogens is 327 g/mol. The number of halogens is 3. The van der Waals surface area contributed by atoms with Crippen LogP contribution < -0.4 is 10.9 Å². The van der Waals surface area contributed by atoms with E-state index in [1.165, 1.54) is 0 Å². The van der Waals surface area contributed by atoms with Crippen LogP contribution in [0, 0.1) is 0 Å². The number of aryl methyl sites for hydroxylation is 1. The Balaban J connectivity index is 2.14. The zero-order valence-corrected chi connectivity index (χ0v) is 13.4. The lowest BCUT2D eigenvalue weighted by molar-refractivity contribution is -0.138. The van der Waals surface area contributed by atoms with Crippen molar-refractivity contribution in [3.8, 4) is 0 Å². The van der Waals surface area contributed by atoms with E-state index in [4.69, 9.17) is 4.74 Å². The Morgan fingerprint density at radius 2 is 1.96 bits per heavy atom. The first kappa shape index (κ1) is 18.5. The number of amides is 1. The molecule has 0 aliphatic carbocycles. The first-order valence-electron chi connectivity index (χ1n) is 7.67. The Morgan fingerprint density at radius 3 is 2.54 bits per heavy atom. The van der Waals surface area contributed by atoms with Crippen molar-refractivity contribution in [1.82, 2.24) is 9.47 Å². The third-order valence-corrected chi connectivity index (χ3v) is 3.70. The highest BCUT2D eigenvalue weighted by molar-refractivity contribution is 5.88. The van der Waals surface area contributed by atoms with Crippen LogP contribution in [0.3, 0.4) is 0 Å². The van der Waals surface area contributed by atoms with E-state index in [1.54, 1.807) is 0 Å². The Hall–Kier alpha value is -1.87. The average Bonchev–Trinajstić information content (AvgIpc) is 2.50. The fourth-order valence-corrected chi connectivity index (χ4v) is 2.53.